The highest BCUT2D eigenvalue weighted by Crippen LogP contribution is 2.35. The van der Waals surface area contributed by atoms with Gasteiger partial charge in [-0.3, -0.25) is 9.59 Å². The van der Waals surface area contributed by atoms with E-state index in [2.05, 4.69) is 10.3 Å². The van der Waals surface area contributed by atoms with Gasteiger partial charge in [0.15, 0.2) is 15.6 Å². The molecule has 1 atom stereocenters. The second kappa shape index (κ2) is 11.8. The molecule has 0 bridgehead atoms. The molecule has 0 saturated heterocycles. The first-order valence-corrected chi connectivity index (χ1v) is 14.6. The first-order chi connectivity index (χ1) is 18.9. The molecule has 1 aromatic heterocycles. The van der Waals surface area contributed by atoms with Crippen molar-refractivity contribution in [3.8, 4) is 0 Å². The molecule has 0 aliphatic carbocycles. The number of benzene rings is 2. The number of hydrogen-bond donors (Lipinski definition) is 2. The zero-order valence-corrected chi connectivity index (χ0v) is 24.6. The van der Waals surface area contributed by atoms with Gasteiger partial charge in [0.1, 0.15) is 11.5 Å². The van der Waals surface area contributed by atoms with Crippen molar-refractivity contribution in [1.29, 1.82) is 0 Å². The van der Waals surface area contributed by atoms with E-state index >= 15 is 0 Å². The summed E-state index contributed by atoms with van der Waals surface area (Å²) in [4.78, 5) is 29.7. The largest absolute Gasteiger partial charge is 0.416 e. The third kappa shape index (κ3) is 7.05. The molecule has 0 unspecified atom stereocenters. The van der Waals surface area contributed by atoms with E-state index in [-0.39, 0.29) is 34.0 Å². The molecular formula is C29H34F3N3O5S. The van der Waals surface area contributed by atoms with E-state index in [1.807, 2.05) is 20.8 Å². The average molecular weight is 594 g/mol. The number of carbonyl (C=O) groups excluding carboxylic acids is 2. The number of aliphatic hydroxyl groups is 1. The average Bonchev–Trinajstić information content (AvgIpc) is 3.23. The first-order valence-electron chi connectivity index (χ1n) is 12.9. The number of aliphatic hydroxyl groups excluding tert-OH is 1. The summed E-state index contributed by atoms with van der Waals surface area (Å²) in [7, 11) is -3.43. The number of rotatable bonds is 9. The van der Waals surface area contributed by atoms with Crippen LogP contribution in [-0.2, 0) is 28.0 Å². The fourth-order valence-electron chi connectivity index (χ4n) is 4.42. The Morgan fingerprint density at radius 3 is 2.17 bits per heavy atom. The van der Waals surface area contributed by atoms with Crippen molar-refractivity contribution in [2.24, 2.45) is 0 Å². The molecule has 1 heterocycles. The Bertz CT molecular complexity index is 1550. The maximum atomic E-state index is 14.0. The number of imidazole rings is 1. The normalized spacial score (nSPS) is 13.2. The number of nitrogens with zero attached hydrogens (tertiary/aromatic N) is 2. The lowest BCUT2D eigenvalue weighted by molar-refractivity contribution is -0.138. The van der Waals surface area contributed by atoms with Crippen molar-refractivity contribution in [3.63, 3.8) is 0 Å². The zero-order chi connectivity index (χ0) is 30.9. The van der Waals surface area contributed by atoms with E-state index in [4.69, 9.17) is 0 Å². The van der Waals surface area contributed by atoms with Crippen molar-refractivity contribution in [2.45, 2.75) is 70.6 Å². The van der Waals surface area contributed by atoms with Gasteiger partial charge < -0.3 is 15.0 Å². The summed E-state index contributed by atoms with van der Waals surface area (Å²) in [6.07, 6.45) is -4.71. The molecule has 12 heteroatoms. The molecule has 3 rings (SSSR count). The van der Waals surface area contributed by atoms with E-state index in [1.165, 1.54) is 50.2 Å². The number of Topliss-reactive ketones (excluding diaryl/α,β-unsaturated/α-hetero) is 1. The minimum absolute atomic E-state index is 0.0209. The van der Waals surface area contributed by atoms with E-state index in [0.717, 1.165) is 6.07 Å². The predicted molar refractivity (Wildman–Crippen MR) is 148 cm³/mol. The molecule has 0 fully saturated rings. The maximum absolute atomic E-state index is 14.0. The van der Waals surface area contributed by atoms with Gasteiger partial charge in [-0.1, -0.05) is 52.0 Å². The van der Waals surface area contributed by atoms with Crippen molar-refractivity contribution < 1.29 is 36.3 Å². The van der Waals surface area contributed by atoms with Crippen LogP contribution in [0, 0.1) is 6.92 Å². The lowest BCUT2D eigenvalue weighted by Crippen LogP contribution is -2.31. The quantitative estimate of drug-likeness (QED) is 0.337. The minimum atomic E-state index is -4.71. The lowest BCUT2D eigenvalue weighted by Gasteiger charge is -2.22. The monoisotopic (exact) mass is 593 g/mol. The topological polar surface area (TPSA) is 118 Å². The van der Waals surface area contributed by atoms with Gasteiger partial charge in [0.2, 0.25) is 0 Å². The van der Waals surface area contributed by atoms with Gasteiger partial charge >= 0.3 is 6.18 Å². The van der Waals surface area contributed by atoms with Crippen molar-refractivity contribution in [3.05, 3.63) is 81.9 Å². The molecule has 0 aliphatic rings. The molecule has 0 saturated carbocycles. The highest BCUT2D eigenvalue weighted by Gasteiger charge is 2.35. The van der Waals surface area contributed by atoms with Gasteiger partial charge in [-0.2, -0.15) is 13.2 Å². The number of ketones is 1. The second-order valence-corrected chi connectivity index (χ2v) is 13.1. The highest BCUT2D eigenvalue weighted by molar-refractivity contribution is 7.91. The molecule has 222 valence electrons. The predicted octanol–water partition coefficient (Wildman–Crippen LogP) is 5.02. The highest BCUT2D eigenvalue weighted by atomic mass is 32.2. The molecule has 0 spiro atoms. The fourth-order valence-corrected chi connectivity index (χ4v) is 5.30. The Labute approximate surface area is 237 Å². The summed E-state index contributed by atoms with van der Waals surface area (Å²) < 4.78 is 67.7. The Kier molecular flexibility index (Phi) is 9.19. The minimum Gasteiger partial charge on any atom is -0.394 e. The second-order valence-electron chi connectivity index (χ2n) is 10.8. The Balaban J connectivity index is 2.01. The molecule has 0 aliphatic heterocycles. The van der Waals surface area contributed by atoms with Crippen LogP contribution in [0.2, 0.25) is 0 Å². The zero-order valence-electron chi connectivity index (χ0n) is 23.8. The van der Waals surface area contributed by atoms with Crippen LogP contribution in [0.25, 0.3) is 0 Å². The summed E-state index contributed by atoms with van der Waals surface area (Å²) in [6.45, 7) is 9.01. The van der Waals surface area contributed by atoms with Crippen LogP contribution in [0.4, 0.5) is 13.2 Å². The first kappa shape index (κ1) is 32.0. The summed E-state index contributed by atoms with van der Waals surface area (Å²) in [5.41, 5.74) is -0.990. The van der Waals surface area contributed by atoms with Crippen LogP contribution in [0.5, 0.6) is 0 Å². The number of nitrogens with one attached hydrogen (secondary N) is 1. The lowest BCUT2D eigenvalue weighted by atomic mass is 9.95. The molecule has 8 nitrogen and oxygen atoms in total. The summed E-state index contributed by atoms with van der Waals surface area (Å²) in [5, 5.41) is 12.7. The summed E-state index contributed by atoms with van der Waals surface area (Å²) >= 11 is 0. The van der Waals surface area contributed by atoms with E-state index in [0.29, 0.717) is 17.1 Å². The number of sulfone groups is 1. The standard InChI is InChI=1S/C29H34F3N3O5S/c1-7-41(39,40)22-12-10-19(11-13-22)24(16-36)33-26(38)25-17(2)35(27(34-25)28(4,5)6)15-21-9-8-20(18(3)37)14-23(21)29(30,31)32/h8-14,24,36H,7,15-16H2,1-6H3,(H,33,38)/t24-/m0/s1. The van der Waals surface area contributed by atoms with Gasteiger partial charge in [-0.25, -0.2) is 13.4 Å². The number of halogens is 3. The number of hydrogen-bond acceptors (Lipinski definition) is 6. The SMILES string of the molecule is CCS(=O)(=O)c1ccc([C@H](CO)NC(=O)c2nc(C(C)(C)C)n(Cc3ccc(C(C)=O)cc3C(F)(F)F)c2C)cc1. The Morgan fingerprint density at radius 1 is 1.07 bits per heavy atom. The van der Waals surface area contributed by atoms with E-state index < -0.39 is 51.3 Å². The van der Waals surface area contributed by atoms with Crippen molar-refractivity contribution in [1.82, 2.24) is 14.9 Å². The van der Waals surface area contributed by atoms with Gasteiger partial charge in [0.05, 0.1) is 28.9 Å². The molecule has 0 radical (unpaired) electrons. The number of amides is 1. The van der Waals surface area contributed by atoms with Crippen LogP contribution >= 0.6 is 0 Å². The fraction of sp³-hybridized carbons (Fsp3) is 0.414. The molecule has 2 aromatic carbocycles. The number of carbonyl (C=O) groups is 2. The van der Waals surface area contributed by atoms with Crippen LogP contribution in [0.15, 0.2) is 47.4 Å². The summed E-state index contributed by atoms with van der Waals surface area (Å²) in [5.74, 6) is -0.844. The van der Waals surface area contributed by atoms with Crippen LogP contribution in [0.1, 0.15) is 89.7 Å². The number of aromatic nitrogens is 2. The van der Waals surface area contributed by atoms with Crippen molar-refractivity contribution in [2.75, 3.05) is 12.4 Å². The Morgan fingerprint density at radius 2 is 1.68 bits per heavy atom. The third-order valence-electron chi connectivity index (χ3n) is 6.77. The van der Waals surface area contributed by atoms with Gasteiger partial charge in [-0.15, -0.1) is 0 Å². The van der Waals surface area contributed by atoms with Gasteiger partial charge in [0, 0.05) is 23.2 Å². The molecule has 2 N–H and O–H groups in total. The smallest absolute Gasteiger partial charge is 0.394 e. The summed E-state index contributed by atoms with van der Waals surface area (Å²) in [6, 6.07) is 8.34. The molecular weight excluding hydrogens is 559 g/mol. The van der Waals surface area contributed by atoms with Gasteiger partial charge in [0.25, 0.3) is 5.91 Å². The maximum Gasteiger partial charge on any atom is 0.416 e. The molecule has 41 heavy (non-hydrogen) atoms. The van der Waals surface area contributed by atoms with E-state index in [9.17, 15) is 36.3 Å². The van der Waals surface area contributed by atoms with Crippen molar-refractivity contribution >= 4 is 21.5 Å². The molecule has 3 aromatic rings. The Hall–Kier alpha value is -3.51. The molecule has 1 amide bonds. The number of alkyl halides is 3. The van der Waals surface area contributed by atoms with Crippen LogP contribution in [0.3, 0.4) is 0 Å². The van der Waals surface area contributed by atoms with Crippen LogP contribution < -0.4 is 5.32 Å². The van der Waals surface area contributed by atoms with Gasteiger partial charge in [-0.05, 0) is 43.2 Å². The van der Waals surface area contributed by atoms with Crippen LogP contribution in [-0.4, -0.2) is 47.1 Å². The third-order valence-corrected chi connectivity index (χ3v) is 8.52. The van der Waals surface area contributed by atoms with E-state index in [1.54, 1.807) is 11.5 Å².